The molecule has 2 aliphatic heterocycles. The Morgan fingerprint density at radius 2 is 0.909 bits per heavy atom. The number of piperazine rings is 2. The number of hydrogen-bond acceptors (Lipinski definition) is 8. The highest BCUT2D eigenvalue weighted by molar-refractivity contribution is 5.94. The minimum Gasteiger partial charge on any atom is -0.445 e. The number of carbonyl (C=O) groups excluding carboxylic acids is 4. The topological polar surface area (TPSA) is 152 Å². The first-order chi connectivity index (χ1) is 21.3. The van der Waals surface area contributed by atoms with E-state index in [0.29, 0.717) is 63.5 Å². The summed E-state index contributed by atoms with van der Waals surface area (Å²) in [5.74, 6) is -0.943. The summed E-state index contributed by atoms with van der Waals surface area (Å²) in [6.07, 6.45) is -0.761. The minimum absolute atomic E-state index is 0.131. The second-order valence-corrected chi connectivity index (χ2v) is 10.7. The number of carbonyl (C=O) groups is 4. The molecule has 0 atom stereocenters. The van der Waals surface area contributed by atoms with E-state index in [1.54, 1.807) is 46.2 Å². The van der Waals surface area contributed by atoms with Crippen LogP contribution in [0.4, 0.5) is 21.0 Å². The fraction of sp³-hybridized carbons (Fsp3) is 0.312. The Morgan fingerprint density at radius 3 is 1.25 bits per heavy atom. The van der Waals surface area contributed by atoms with Crippen molar-refractivity contribution in [2.75, 3.05) is 62.2 Å². The lowest BCUT2D eigenvalue weighted by Crippen LogP contribution is -2.49. The lowest BCUT2D eigenvalue weighted by Gasteiger charge is -2.35. The van der Waals surface area contributed by atoms with Crippen LogP contribution in [-0.4, -0.2) is 86.2 Å². The van der Waals surface area contributed by atoms with Gasteiger partial charge >= 0.3 is 12.2 Å². The van der Waals surface area contributed by atoms with E-state index in [-0.39, 0.29) is 25.4 Å². The third kappa shape index (κ3) is 7.57. The number of hydrogen-bond donors (Lipinski definition) is 2. The number of anilines is 2. The van der Waals surface area contributed by atoms with Crippen LogP contribution < -0.4 is 21.3 Å². The van der Waals surface area contributed by atoms with E-state index in [0.717, 1.165) is 22.5 Å². The fourth-order valence-electron chi connectivity index (χ4n) is 5.21. The van der Waals surface area contributed by atoms with Crippen molar-refractivity contribution in [1.82, 2.24) is 9.80 Å². The summed E-state index contributed by atoms with van der Waals surface area (Å²) < 4.78 is 11.0. The van der Waals surface area contributed by atoms with Crippen LogP contribution in [-0.2, 0) is 22.7 Å². The molecule has 12 heteroatoms. The maximum atomic E-state index is 12.6. The molecule has 2 heterocycles. The molecule has 0 unspecified atom stereocenters. The Labute approximate surface area is 255 Å². The van der Waals surface area contributed by atoms with Crippen LogP contribution in [0, 0.1) is 0 Å². The summed E-state index contributed by atoms with van der Waals surface area (Å²) in [5, 5.41) is 0. The largest absolute Gasteiger partial charge is 0.445 e. The van der Waals surface area contributed by atoms with Gasteiger partial charge in [0, 0.05) is 74.9 Å². The predicted molar refractivity (Wildman–Crippen MR) is 164 cm³/mol. The van der Waals surface area contributed by atoms with Crippen molar-refractivity contribution in [3.63, 3.8) is 0 Å². The Hall–Kier alpha value is -5.26. The molecule has 4 N–H and O–H groups in total. The zero-order valence-corrected chi connectivity index (χ0v) is 24.4. The van der Waals surface area contributed by atoms with Crippen molar-refractivity contribution < 1.29 is 28.7 Å². The summed E-state index contributed by atoms with van der Waals surface area (Å²) in [6.45, 7) is 4.73. The van der Waals surface area contributed by atoms with Crippen molar-refractivity contribution in [3.05, 3.63) is 95.1 Å². The van der Waals surface area contributed by atoms with E-state index in [4.69, 9.17) is 20.9 Å². The van der Waals surface area contributed by atoms with E-state index in [1.807, 2.05) is 36.4 Å². The third-order valence-corrected chi connectivity index (χ3v) is 7.81. The molecular formula is C32H36N6O6. The lowest BCUT2D eigenvalue weighted by molar-refractivity contribution is 0.0927. The molecule has 5 rings (SSSR count). The van der Waals surface area contributed by atoms with Crippen molar-refractivity contribution in [2.24, 2.45) is 11.5 Å². The first-order valence-corrected chi connectivity index (χ1v) is 14.5. The summed E-state index contributed by atoms with van der Waals surface area (Å²) in [6, 6.07) is 21.7. The van der Waals surface area contributed by atoms with E-state index in [2.05, 4.69) is 9.80 Å². The number of amides is 4. The van der Waals surface area contributed by atoms with Gasteiger partial charge in [0.1, 0.15) is 13.2 Å². The molecule has 2 fully saturated rings. The molecule has 0 saturated carbocycles. The number of nitrogens with two attached hydrogens (primary N) is 2. The van der Waals surface area contributed by atoms with Crippen molar-refractivity contribution in [1.29, 1.82) is 0 Å². The van der Waals surface area contributed by atoms with Crippen molar-refractivity contribution in [3.8, 4) is 0 Å². The molecule has 4 amide bonds. The van der Waals surface area contributed by atoms with E-state index < -0.39 is 11.8 Å². The number of primary amides is 2. The van der Waals surface area contributed by atoms with Gasteiger partial charge in [-0.15, -0.1) is 0 Å². The van der Waals surface area contributed by atoms with Gasteiger partial charge in [-0.3, -0.25) is 9.59 Å². The van der Waals surface area contributed by atoms with Crippen LogP contribution in [0.2, 0.25) is 0 Å². The van der Waals surface area contributed by atoms with Crippen LogP contribution in [0.5, 0.6) is 0 Å². The highest BCUT2D eigenvalue weighted by Gasteiger charge is 2.24. The quantitative estimate of drug-likeness (QED) is 0.401. The molecule has 0 aromatic heterocycles. The second kappa shape index (κ2) is 13.8. The molecule has 3 aromatic carbocycles. The summed E-state index contributed by atoms with van der Waals surface area (Å²) in [5.41, 5.74) is 15.1. The van der Waals surface area contributed by atoms with Gasteiger partial charge in [-0.05, 0) is 47.5 Å². The first-order valence-electron chi connectivity index (χ1n) is 14.5. The molecule has 0 radical (unpaired) electrons. The average Bonchev–Trinajstić information content (AvgIpc) is 3.06. The fourth-order valence-corrected chi connectivity index (χ4v) is 5.21. The molecule has 0 spiro atoms. The predicted octanol–water partition coefficient (Wildman–Crippen LogP) is 2.80. The van der Waals surface area contributed by atoms with Crippen LogP contribution in [0.3, 0.4) is 0 Å². The van der Waals surface area contributed by atoms with Gasteiger partial charge in [-0.1, -0.05) is 36.4 Å². The normalized spacial score (nSPS) is 15.1. The zero-order chi connectivity index (χ0) is 31.1. The highest BCUT2D eigenvalue weighted by Crippen LogP contribution is 2.20. The van der Waals surface area contributed by atoms with Crippen LogP contribution in [0.1, 0.15) is 31.8 Å². The monoisotopic (exact) mass is 600 g/mol. The molecule has 0 aliphatic carbocycles. The summed E-state index contributed by atoms with van der Waals surface area (Å²) in [7, 11) is 0. The van der Waals surface area contributed by atoms with Crippen molar-refractivity contribution in [2.45, 2.75) is 13.2 Å². The van der Waals surface area contributed by atoms with Crippen LogP contribution in [0.15, 0.2) is 72.8 Å². The third-order valence-electron chi connectivity index (χ3n) is 7.81. The van der Waals surface area contributed by atoms with Crippen LogP contribution in [0.25, 0.3) is 0 Å². The molecule has 2 aliphatic rings. The molecule has 12 nitrogen and oxygen atoms in total. The molecular weight excluding hydrogens is 564 g/mol. The number of nitrogens with zero attached hydrogens (tertiary/aromatic N) is 4. The van der Waals surface area contributed by atoms with Gasteiger partial charge < -0.3 is 40.5 Å². The van der Waals surface area contributed by atoms with E-state index >= 15 is 0 Å². The lowest BCUT2D eigenvalue weighted by atomic mass is 10.1. The first kappa shape index (κ1) is 30.2. The average molecular weight is 601 g/mol. The Morgan fingerprint density at radius 1 is 0.545 bits per heavy atom. The Bertz CT molecular complexity index is 1380. The SMILES string of the molecule is NC(=O)c1cccc(N2CCN(C(=O)OCc3ccc(COC(=O)N4CCN(c5cccc(C(N)=O)c5)CC4)cc3)CC2)c1. The van der Waals surface area contributed by atoms with Gasteiger partial charge in [0.15, 0.2) is 0 Å². The molecule has 3 aromatic rings. The summed E-state index contributed by atoms with van der Waals surface area (Å²) in [4.78, 5) is 55.8. The van der Waals surface area contributed by atoms with Gasteiger partial charge in [-0.2, -0.15) is 0 Å². The Kier molecular flexibility index (Phi) is 9.48. The van der Waals surface area contributed by atoms with E-state index in [1.165, 1.54) is 0 Å². The van der Waals surface area contributed by atoms with Crippen molar-refractivity contribution >= 4 is 35.4 Å². The molecule has 44 heavy (non-hydrogen) atoms. The van der Waals surface area contributed by atoms with E-state index in [9.17, 15) is 19.2 Å². The number of ether oxygens (including phenoxy) is 2. The summed E-state index contributed by atoms with van der Waals surface area (Å²) >= 11 is 0. The smallest absolute Gasteiger partial charge is 0.410 e. The molecule has 230 valence electrons. The molecule has 2 saturated heterocycles. The maximum absolute atomic E-state index is 12.6. The maximum Gasteiger partial charge on any atom is 0.410 e. The highest BCUT2D eigenvalue weighted by atomic mass is 16.6. The number of benzene rings is 3. The molecule has 0 bridgehead atoms. The van der Waals surface area contributed by atoms with Gasteiger partial charge in [0.05, 0.1) is 0 Å². The van der Waals surface area contributed by atoms with Gasteiger partial charge in [0.25, 0.3) is 0 Å². The number of rotatable bonds is 8. The van der Waals surface area contributed by atoms with Crippen LogP contribution >= 0.6 is 0 Å². The van der Waals surface area contributed by atoms with Gasteiger partial charge in [0.2, 0.25) is 11.8 Å². The standard InChI is InChI=1S/C32H36N6O6/c33-29(39)25-3-1-5-27(19-25)35-11-15-37(16-12-35)31(41)43-21-23-7-9-24(10-8-23)22-44-32(42)38-17-13-36(14-18-38)28-6-2-4-26(20-28)30(34)40/h1-10,19-20H,11-18,21-22H2,(H2,33,39)(H2,34,40). The van der Waals surface area contributed by atoms with Gasteiger partial charge in [-0.25, -0.2) is 9.59 Å². The second-order valence-electron chi connectivity index (χ2n) is 10.7. The minimum atomic E-state index is -0.472. The Balaban J connectivity index is 1.01. The zero-order valence-electron chi connectivity index (χ0n) is 24.4.